The Balaban J connectivity index is 1.35. The zero-order chi connectivity index (χ0) is 42.0. The molecule has 2 saturated carbocycles. The summed E-state index contributed by atoms with van der Waals surface area (Å²) in [7, 11) is -0.790. The number of alkyl carbamates (subject to hydrolysis) is 1. The van der Waals surface area contributed by atoms with Crippen molar-refractivity contribution in [1.29, 1.82) is 0 Å². The van der Waals surface area contributed by atoms with Crippen molar-refractivity contribution in [3.05, 3.63) is 36.5 Å². The van der Waals surface area contributed by atoms with Crippen LogP contribution in [-0.4, -0.2) is 111 Å². The van der Waals surface area contributed by atoms with Crippen molar-refractivity contribution < 1.29 is 51.3 Å². The molecule has 2 aliphatic heterocycles. The third-order valence-corrected chi connectivity index (χ3v) is 13.0. The molecule has 58 heavy (non-hydrogen) atoms. The number of methoxy groups -OCH3 is 2. The monoisotopic (exact) mass is 827 g/mol. The normalized spacial score (nSPS) is 28.5. The van der Waals surface area contributed by atoms with E-state index in [1.54, 1.807) is 53.2 Å². The topological polar surface area (TPSA) is 201 Å². The molecular weight excluding hydrogens is 771 g/mol. The maximum atomic E-state index is 14.8. The van der Waals surface area contributed by atoms with Crippen LogP contribution >= 0.6 is 0 Å². The molecule has 2 aliphatic carbocycles. The van der Waals surface area contributed by atoms with Crippen molar-refractivity contribution in [3.8, 4) is 17.4 Å². The van der Waals surface area contributed by atoms with Crippen molar-refractivity contribution in [2.75, 3.05) is 34.0 Å². The molecular formula is C41H57N5O11S. The molecule has 0 spiro atoms. The third kappa shape index (κ3) is 9.96. The smallest absolute Gasteiger partial charge is 0.408 e. The second kappa shape index (κ2) is 17.3. The summed E-state index contributed by atoms with van der Waals surface area (Å²) in [6.07, 6.45) is 6.94. The summed E-state index contributed by atoms with van der Waals surface area (Å²) >= 11 is 0. The van der Waals surface area contributed by atoms with Gasteiger partial charge in [0.25, 0.3) is 5.91 Å². The highest BCUT2D eigenvalue weighted by atomic mass is 32.2. The zero-order valence-corrected chi connectivity index (χ0v) is 35.2. The van der Waals surface area contributed by atoms with Gasteiger partial charge in [0.2, 0.25) is 27.7 Å². The lowest BCUT2D eigenvalue weighted by molar-refractivity contribution is -0.142. The van der Waals surface area contributed by atoms with Gasteiger partial charge in [-0.05, 0) is 89.3 Å². The Morgan fingerprint density at radius 1 is 1.05 bits per heavy atom. The molecule has 4 aliphatic rings. The fourth-order valence-electron chi connectivity index (χ4n) is 7.83. The summed E-state index contributed by atoms with van der Waals surface area (Å²) < 4.78 is 56.7. The fourth-order valence-corrected chi connectivity index (χ4v) is 9.19. The van der Waals surface area contributed by atoms with Gasteiger partial charge in [-0.1, -0.05) is 26.0 Å². The van der Waals surface area contributed by atoms with Crippen molar-refractivity contribution in [2.45, 2.75) is 114 Å². The number of rotatable bonds is 11. The molecule has 3 N–H and O–H groups in total. The van der Waals surface area contributed by atoms with Crippen LogP contribution < -0.4 is 29.6 Å². The molecule has 17 heteroatoms. The van der Waals surface area contributed by atoms with Gasteiger partial charge in [-0.2, -0.15) is 0 Å². The summed E-state index contributed by atoms with van der Waals surface area (Å²) in [5.41, 5.74) is -2.37. The average molecular weight is 828 g/mol. The van der Waals surface area contributed by atoms with E-state index in [4.69, 9.17) is 23.7 Å². The van der Waals surface area contributed by atoms with Crippen molar-refractivity contribution in [2.24, 2.45) is 17.8 Å². The summed E-state index contributed by atoms with van der Waals surface area (Å²) in [4.78, 5) is 62.4. The van der Waals surface area contributed by atoms with E-state index < -0.39 is 74.3 Å². The number of amides is 4. The first-order valence-electron chi connectivity index (χ1n) is 20.0. The highest BCUT2D eigenvalue weighted by molar-refractivity contribution is 7.91. The van der Waals surface area contributed by atoms with E-state index in [0.717, 1.165) is 6.42 Å². The first-order chi connectivity index (χ1) is 27.4. The Bertz CT molecular complexity index is 2020. The number of nitrogens with zero attached hydrogens (tertiary/aromatic N) is 2. The van der Waals surface area contributed by atoms with Crippen LogP contribution in [0.15, 0.2) is 36.5 Å². The van der Waals surface area contributed by atoms with Crippen LogP contribution in [0.25, 0.3) is 10.8 Å². The van der Waals surface area contributed by atoms with E-state index in [0.29, 0.717) is 54.6 Å². The highest BCUT2D eigenvalue weighted by Crippen LogP contribution is 2.46. The van der Waals surface area contributed by atoms with Crippen LogP contribution in [0.4, 0.5) is 4.79 Å². The minimum atomic E-state index is -3.92. The molecule has 6 rings (SSSR count). The lowest BCUT2D eigenvalue weighted by atomic mass is 9.88. The molecule has 0 bridgehead atoms. The first-order valence-corrected chi connectivity index (χ1v) is 21.6. The van der Waals surface area contributed by atoms with E-state index in [9.17, 15) is 27.6 Å². The van der Waals surface area contributed by atoms with Gasteiger partial charge in [-0.3, -0.25) is 19.1 Å². The molecule has 16 nitrogen and oxygen atoms in total. The molecule has 3 heterocycles. The van der Waals surface area contributed by atoms with Gasteiger partial charge in [-0.25, -0.2) is 18.2 Å². The highest BCUT2D eigenvalue weighted by Gasteiger charge is 2.62. The molecule has 4 amide bonds. The Morgan fingerprint density at radius 3 is 2.50 bits per heavy atom. The maximum Gasteiger partial charge on any atom is 0.408 e. The standard InChI is InChI=1S/C41H57N5O11S/c1-24-10-8-9-11-26-21-41(26,38(49)45-58(51,52)29-13-14-29)44-35(47)32-20-28(23-46(32)37(48)34(25(2)18-24)43-39(50)57-40(3,4)5)56-36-30-15-12-27(54-7)19-31(30)33(22-42-36)55-17-16-53-6/h9,11-12,15,19,22,24-26,28-29,32,34H,8,10,13-14,16-18,20-21,23H2,1-7H3,(H,43,50)(H,44,47)(H,45,49)/b11-9-/t24-,25+,26+,28+,32-,34-,41+/m0/s1. The number of sulfonamides is 1. The molecule has 3 fully saturated rings. The predicted octanol–water partition coefficient (Wildman–Crippen LogP) is 4.01. The molecule has 0 radical (unpaired) electrons. The van der Waals surface area contributed by atoms with Crippen LogP contribution in [0.5, 0.6) is 17.4 Å². The van der Waals surface area contributed by atoms with Gasteiger partial charge in [0.15, 0.2) is 0 Å². The Kier molecular flexibility index (Phi) is 12.8. The predicted molar refractivity (Wildman–Crippen MR) is 214 cm³/mol. The largest absolute Gasteiger partial charge is 0.497 e. The first kappa shape index (κ1) is 43.0. The van der Waals surface area contributed by atoms with E-state index in [-0.39, 0.29) is 43.7 Å². The quantitative estimate of drug-likeness (QED) is 0.218. The average Bonchev–Trinajstić information content (AvgIpc) is 4.08. The molecule has 1 saturated heterocycles. The fraction of sp³-hybridized carbons (Fsp3) is 0.634. The number of hydrogen-bond donors (Lipinski definition) is 3. The second-order valence-corrected chi connectivity index (χ2v) is 19.0. The number of carbonyl (C=O) groups excluding carboxylic acids is 4. The Morgan fingerprint density at radius 2 is 1.81 bits per heavy atom. The van der Waals surface area contributed by atoms with Gasteiger partial charge in [0, 0.05) is 30.2 Å². The molecule has 1 aromatic heterocycles. The number of carbonyl (C=O) groups is 4. The van der Waals surface area contributed by atoms with Gasteiger partial charge in [-0.15, -0.1) is 0 Å². The van der Waals surface area contributed by atoms with Crippen molar-refractivity contribution in [1.82, 2.24) is 25.2 Å². The number of ether oxygens (including phenoxy) is 5. The van der Waals surface area contributed by atoms with Gasteiger partial charge < -0.3 is 39.2 Å². The maximum absolute atomic E-state index is 14.8. The van der Waals surface area contributed by atoms with Gasteiger partial charge >= 0.3 is 6.09 Å². The van der Waals surface area contributed by atoms with Gasteiger partial charge in [0.1, 0.15) is 47.4 Å². The number of fused-ring (bicyclic) bond motifs is 3. The summed E-state index contributed by atoms with van der Waals surface area (Å²) in [5, 5.41) is 6.32. The summed E-state index contributed by atoms with van der Waals surface area (Å²) in [5.74, 6) is -1.36. The summed E-state index contributed by atoms with van der Waals surface area (Å²) in [6.45, 7) is 9.72. The van der Waals surface area contributed by atoms with Crippen LogP contribution in [0, 0.1) is 17.8 Å². The molecule has 7 atom stereocenters. The lowest BCUT2D eigenvalue weighted by Gasteiger charge is -2.33. The number of nitrogens with one attached hydrogen (secondary N) is 3. The van der Waals surface area contributed by atoms with Gasteiger partial charge in [0.05, 0.1) is 31.7 Å². The molecule has 2 aromatic rings. The van der Waals surface area contributed by atoms with Crippen LogP contribution in [0.3, 0.4) is 0 Å². The number of pyridine rings is 1. The number of hydrogen-bond acceptors (Lipinski definition) is 12. The number of allylic oxidation sites excluding steroid dienone is 1. The minimum absolute atomic E-state index is 0.00547. The van der Waals surface area contributed by atoms with Crippen LogP contribution in [0.1, 0.15) is 79.6 Å². The zero-order valence-electron chi connectivity index (χ0n) is 34.4. The number of benzene rings is 1. The van der Waals surface area contributed by atoms with Crippen molar-refractivity contribution in [3.63, 3.8) is 0 Å². The lowest BCUT2D eigenvalue weighted by Crippen LogP contribution is -2.59. The molecule has 0 unspecified atom stereocenters. The third-order valence-electron chi connectivity index (χ3n) is 11.1. The molecule has 1 aromatic carbocycles. The van der Waals surface area contributed by atoms with E-state index in [1.807, 2.05) is 19.1 Å². The van der Waals surface area contributed by atoms with E-state index in [2.05, 4.69) is 27.3 Å². The Hall–Kier alpha value is -4.64. The van der Waals surface area contributed by atoms with Crippen molar-refractivity contribution >= 4 is 44.6 Å². The number of aromatic nitrogens is 1. The van der Waals surface area contributed by atoms with E-state index >= 15 is 0 Å². The summed E-state index contributed by atoms with van der Waals surface area (Å²) in [6, 6.07) is 3.11. The Labute approximate surface area is 340 Å². The minimum Gasteiger partial charge on any atom is -0.497 e. The second-order valence-electron chi connectivity index (χ2n) is 17.1. The SMILES string of the molecule is COCCOc1cnc(O[C@@H]2C[C@H]3C(=O)N[C@]4(C(=O)NS(=O)(=O)C5CC5)C[C@H]4/C=C\CC[C@H](C)C[C@@H](C)[C@H](NC(=O)OC(C)(C)C)C(=O)N3C2)c2ccc(OC)cc12. The molecule has 318 valence electrons. The van der Waals surface area contributed by atoms with E-state index in [1.165, 1.54) is 11.1 Å². The van der Waals surface area contributed by atoms with Crippen LogP contribution in [-0.2, 0) is 33.9 Å². The van der Waals surface area contributed by atoms with Crippen LogP contribution in [0.2, 0.25) is 0 Å².